The fraction of sp³-hybridized carbons (Fsp3) is 0.500. The Labute approximate surface area is 67.5 Å². The van der Waals surface area contributed by atoms with Gasteiger partial charge in [0.25, 0.3) is 0 Å². The molecule has 2 rings (SSSR count). The summed E-state index contributed by atoms with van der Waals surface area (Å²) >= 11 is 0. The molecule has 1 aromatic rings. The van der Waals surface area contributed by atoms with Gasteiger partial charge in [-0.3, -0.25) is 0 Å². The van der Waals surface area contributed by atoms with Crippen molar-refractivity contribution in [3.05, 3.63) is 11.4 Å². The highest BCUT2D eigenvalue weighted by atomic mass is 16.6. The number of hydrogen-bond donors (Lipinski definition) is 2. The summed E-state index contributed by atoms with van der Waals surface area (Å²) < 4.78 is 4.44. The standard InChI is InChI=1S/C6H7N3O3/c10-3-1-4(7-11)6-5(2-3)8-12-9-6/h3,10-11H,1-2H2/b7-4-/t3-/m0/s1. The van der Waals surface area contributed by atoms with Crippen LogP contribution in [0.15, 0.2) is 9.78 Å². The van der Waals surface area contributed by atoms with Crippen LogP contribution in [0.1, 0.15) is 17.8 Å². The van der Waals surface area contributed by atoms with Gasteiger partial charge in [-0.05, 0) is 5.16 Å². The van der Waals surface area contributed by atoms with Gasteiger partial charge in [-0.2, -0.15) is 0 Å². The minimum Gasteiger partial charge on any atom is -0.411 e. The molecule has 0 aliphatic heterocycles. The summed E-state index contributed by atoms with van der Waals surface area (Å²) in [5.74, 6) is 0. The summed E-state index contributed by atoms with van der Waals surface area (Å²) in [5, 5.41) is 27.9. The van der Waals surface area contributed by atoms with Crippen LogP contribution in [0.25, 0.3) is 0 Å². The largest absolute Gasteiger partial charge is 0.411 e. The van der Waals surface area contributed by atoms with Crippen molar-refractivity contribution in [3.63, 3.8) is 0 Å². The van der Waals surface area contributed by atoms with E-state index < -0.39 is 6.10 Å². The van der Waals surface area contributed by atoms with Gasteiger partial charge in [0.1, 0.15) is 11.4 Å². The van der Waals surface area contributed by atoms with Gasteiger partial charge in [0.2, 0.25) is 0 Å². The third-order valence-corrected chi connectivity index (χ3v) is 1.81. The molecule has 0 aromatic carbocycles. The topological polar surface area (TPSA) is 91.7 Å². The summed E-state index contributed by atoms with van der Waals surface area (Å²) in [6, 6.07) is 0. The van der Waals surface area contributed by atoms with Crippen LogP contribution in [0.2, 0.25) is 0 Å². The van der Waals surface area contributed by atoms with Crippen LogP contribution >= 0.6 is 0 Å². The monoisotopic (exact) mass is 169 g/mol. The third kappa shape index (κ3) is 0.964. The first-order chi connectivity index (χ1) is 5.81. The summed E-state index contributed by atoms with van der Waals surface area (Å²) in [6.07, 6.45) is 0.130. The molecule has 1 aromatic heterocycles. The first-order valence-corrected chi connectivity index (χ1v) is 3.52. The van der Waals surface area contributed by atoms with Crippen LogP contribution in [0.3, 0.4) is 0 Å². The van der Waals surface area contributed by atoms with E-state index in [-0.39, 0.29) is 6.42 Å². The minimum absolute atomic E-state index is 0.289. The lowest BCUT2D eigenvalue weighted by atomic mass is 9.97. The second-order valence-electron chi connectivity index (χ2n) is 2.67. The van der Waals surface area contributed by atoms with Crippen LogP contribution in [0.4, 0.5) is 0 Å². The quantitative estimate of drug-likeness (QED) is 0.405. The van der Waals surface area contributed by atoms with Crippen LogP contribution in [-0.2, 0) is 6.42 Å². The van der Waals surface area contributed by atoms with Gasteiger partial charge in [0.15, 0.2) is 5.69 Å². The van der Waals surface area contributed by atoms with Crippen LogP contribution in [0, 0.1) is 0 Å². The molecule has 0 saturated heterocycles. The first kappa shape index (κ1) is 7.23. The number of aliphatic hydroxyl groups is 1. The van der Waals surface area contributed by atoms with E-state index in [4.69, 9.17) is 5.21 Å². The molecular weight excluding hydrogens is 162 g/mol. The summed E-state index contributed by atoms with van der Waals surface area (Å²) in [4.78, 5) is 0. The van der Waals surface area contributed by atoms with Crippen molar-refractivity contribution in [3.8, 4) is 0 Å². The van der Waals surface area contributed by atoms with Crippen molar-refractivity contribution >= 4 is 5.71 Å². The Kier molecular flexibility index (Phi) is 1.54. The van der Waals surface area contributed by atoms with E-state index in [1.165, 1.54) is 0 Å². The maximum absolute atomic E-state index is 9.27. The molecule has 2 N–H and O–H groups in total. The zero-order chi connectivity index (χ0) is 8.55. The van der Waals surface area contributed by atoms with E-state index in [0.29, 0.717) is 23.5 Å². The molecule has 0 unspecified atom stereocenters. The van der Waals surface area contributed by atoms with Gasteiger partial charge in [-0.25, -0.2) is 4.63 Å². The Bertz CT molecular complexity index is 320. The van der Waals surface area contributed by atoms with Gasteiger partial charge < -0.3 is 10.3 Å². The second-order valence-corrected chi connectivity index (χ2v) is 2.67. The Morgan fingerprint density at radius 3 is 3.00 bits per heavy atom. The van der Waals surface area contributed by atoms with Crippen molar-refractivity contribution in [1.29, 1.82) is 0 Å². The minimum atomic E-state index is -0.560. The molecule has 0 radical (unpaired) electrons. The van der Waals surface area contributed by atoms with Gasteiger partial charge >= 0.3 is 0 Å². The molecular formula is C6H7N3O3. The van der Waals surface area contributed by atoms with Crippen molar-refractivity contribution in [2.45, 2.75) is 18.9 Å². The number of oxime groups is 1. The highest BCUT2D eigenvalue weighted by molar-refractivity contribution is 6.00. The van der Waals surface area contributed by atoms with Crippen molar-refractivity contribution in [2.75, 3.05) is 0 Å². The normalized spacial score (nSPS) is 25.8. The first-order valence-electron chi connectivity index (χ1n) is 3.52. The zero-order valence-electron chi connectivity index (χ0n) is 6.14. The molecule has 0 fully saturated rings. The average molecular weight is 169 g/mol. The number of aliphatic hydroxyl groups excluding tert-OH is 1. The molecule has 0 bridgehead atoms. The molecule has 1 heterocycles. The lowest BCUT2D eigenvalue weighted by molar-refractivity contribution is 0.175. The molecule has 64 valence electrons. The highest BCUT2D eigenvalue weighted by Crippen LogP contribution is 2.18. The van der Waals surface area contributed by atoms with Crippen molar-refractivity contribution in [2.24, 2.45) is 5.16 Å². The number of rotatable bonds is 0. The smallest absolute Gasteiger partial charge is 0.156 e. The number of nitrogens with zero attached hydrogens (tertiary/aromatic N) is 3. The maximum atomic E-state index is 9.27. The lowest BCUT2D eigenvalue weighted by Crippen LogP contribution is -2.24. The predicted molar refractivity (Wildman–Crippen MR) is 36.9 cm³/mol. The Balaban J connectivity index is 2.45. The predicted octanol–water partition coefficient (Wildman–Crippen LogP) is -0.445. The van der Waals surface area contributed by atoms with E-state index >= 15 is 0 Å². The van der Waals surface area contributed by atoms with E-state index in [9.17, 15) is 5.11 Å². The number of hydrogen-bond acceptors (Lipinski definition) is 6. The van der Waals surface area contributed by atoms with Crippen molar-refractivity contribution in [1.82, 2.24) is 10.3 Å². The molecule has 1 aliphatic rings. The van der Waals surface area contributed by atoms with E-state index in [0.717, 1.165) is 0 Å². The third-order valence-electron chi connectivity index (χ3n) is 1.81. The summed E-state index contributed by atoms with van der Waals surface area (Å²) in [6.45, 7) is 0. The maximum Gasteiger partial charge on any atom is 0.156 e. The van der Waals surface area contributed by atoms with Crippen LogP contribution < -0.4 is 0 Å². The molecule has 1 atom stereocenters. The van der Waals surface area contributed by atoms with Gasteiger partial charge in [0, 0.05) is 12.8 Å². The summed E-state index contributed by atoms with van der Waals surface area (Å²) in [7, 11) is 0. The molecule has 0 saturated carbocycles. The van der Waals surface area contributed by atoms with Crippen LogP contribution in [0.5, 0.6) is 0 Å². The average Bonchev–Trinajstić information content (AvgIpc) is 2.50. The lowest BCUT2D eigenvalue weighted by Gasteiger charge is -2.13. The second kappa shape index (κ2) is 2.56. The molecule has 6 nitrogen and oxygen atoms in total. The molecule has 12 heavy (non-hydrogen) atoms. The molecule has 0 spiro atoms. The van der Waals surface area contributed by atoms with Gasteiger partial charge in [-0.15, -0.1) is 0 Å². The zero-order valence-corrected chi connectivity index (χ0v) is 6.14. The number of aromatic nitrogens is 2. The Morgan fingerprint density at radius 1 is 1.42 bits per heavy atom. The van der Waals surface area contributed by atoms with E-state index in [2.05, 4.69) is 20.1 Å². The fourth-order valence-corrected chi connectivity index (χ4v) is 1.26. The Morgan fingerprint density at radius 2 is 2.25 bits per heavy atom. The van der Waals surface area contributed by atoms with E-state index in [1.54, 1.807) is 0 Å². The molecule has 1 aliphatic carbocycles. The van der Waals surface area contributed by atoms with Crippen LogP contribution in [-0.4, -0.2) is 32.4 Å². The van der Waals surface area contributed by atoms with E-state index in [1.807, 2.05) is 0 Å². The number of fused-ring (bicyclic) bond motifs is 1. The molecule has 6 heteroatoms. The molecule has 0 amide bonds. The Hall–Kier alpha value is -1.43. The highest BCUT2D eigenvalue weighted by Gasteiger charge is 2.27. The summed E-state index contributed by atoms with van der Waals surface area (Å²) in [5.41, 5.74) is 1.31. The fourth-order valence-electron chi connectivity index (χ4n) is 1.26. The van der Waals surface area contributed by atoms with Crippen molar-refractivity contribution < 1.29 is 14.9 Å². The van der Waals surface area contributed by atoms with Gasteiger partial charge in [0.05, 0.1) is 6.10 Å². The van der Waals surface area contributed by atoms with Gasteiger partial charge in [-0.1, -0.05) is 10.3 Å². The SMILES string of the molecule is O/N=C1/C[C@H](O)Cc2nonc21.